The predicted octanol–water partition coefficient (Wildman–Crippen LogP) is 1.72. The number of hydrogen-bond acceptors (Lipinski definition) is 2. The Bertz CT molecular complexity index is 262. The van der Waals surface area contributed by atoms with Crippen LogP contribution >= 0.6 is 11.6 Å². The zero-order chi connectivity index (χ0) is 9.14. The number of halogens is 1. The van der Waals surface area contributed by atoms with Crippen molar-refractivity contribution in [1.82, 2.24) is 0 Å². The van der Waals surface area contributed by atoms with Crippen LogP contribution in [-0.2, 0) is 0 Å². The Morgan fingerprint density at radius 1 is 1.42 bits per heavy atom. The molecule has 66 valence electrons. The van der Waals surface area contributed by atoms with Gasteiger partial charge in [0.15, 0.2) is 0 Å². The Morgan fingerprint density at radius 2 is 2.00 bits per heavy atom. The van der Waals surface area contributed by atoms with Crippen molar-refractivity contribution in [3.05, 3.63) is 34.9 Å². The van der Waals surface area contributed by atoms with Gasteiger partial charge >= 0.3 is 0 Å². The summed E-state index contributed by atoms with van der Waals surface area (Å²) in [6.07, 6.45) is -0.579. The number of rotatable bonds is 2. The largest absolute Gasteiger partial charge is 0.391 e. The predicted molar refractivity (Wildman–Crippen MR) is 50.1 cm³/mol. The SMILES string of the molecule is C[C@H](O)[C@H](N)c1ccccc1Cl. The summed E-state index contributed by atoms with van der Waals surface area (Å²) in [5.41, 5.74) is 6.49. The number of benzene rings is 1. The summed E-state index contributed by atoms with van der Waals surface area (Å²) >= 11 is 5.87. The molecule has 0 spiro atoms. The summed E-state index contributed by atoms with van der Waals surface area (Å²) in [6.45, 7) is 1.65. The molecule has 1 rings (SSSR count). The Kier molecular flexibility index (Phi) is 3.09. The highest BCUT2D eigenvalue weighted by Gasteiger charge is 2.13. The van der Waals surface area contributed by atoms with Crippen LogP contribution in [0.15, 0.2) is 24.3 Å². The van der Waals surface area contributed by atoms with Gasteiger partial charge in [0.25, 0.3) is 0 Å². The molecule has 0 unspecified atom stereocenters. The third-order valence-electron chi connectivity index (χ3n) is 1.78. The van der Waals surface area contributed by atoms with Crippen LogP contribution in [0, 0.1) is 0 Å². The van der Waals surface area contributed by atoms with Crippen LogP contribution < -0.4 is 5.73 Å². The van der Waals surface area contributed by atoms with E-state index in [1.165, 1.54) is 0 Å². The van der Waals surface area contributed by atoms with Crippen molar-refractivity contribution in [2.45, 2.75) is 19.1 Å². The second-order valence-corrected chi connectivity index (χ2v) is 3.20. The van der Waals surface area contributed by atoms with E-state index in [-0.39, 0.29) is 0 Å². The Labute approximate surface area is 77.0 Å². The zero-order valence-electron chi connectivity index (χ0n) is 6.87. The van der Waals surface area contributed by atoms with Crippen LogP contribution in [0.4, 0.5) is 0 Å². The molecule has 0 heterocycles. The summed E-state index contributed by atoms with van der Waals surface area (Å²) < 4.78 is 0. The van der Waals surface area contributed by atoms with Crippen LogP contribution in [0.25, 0.3) is 0 Å². The average Bonchev–Trinajstić information content (AvgIpc) is 2.04. The number of aliphatic hydroxyl groups excluding tert-OH is 1. The molecule has 3 heteroatoms. The van der Waals surface area contributed by atoms with Crippen molar-refractivity contribution in [3.63, 3.8) is 0 Å². The van der Waals surface area contributed by atoms with Crippen molar-refractivity contribution in [2.75, 3.05) is 0 Å². The van der Waals surface area contributed by atoms with Gasteiger partial charge in [-0.2, -0.15) is 0 Å². The minimum absolute atomic E-state index is 0.404. The molecule has 0 aliphatic heterocycles. The highest BCUT2D eigenvalue weighted by molar-refractivity contribution is 6.31. The van der Waals surface area contributed by atoms with Crippen LogP contribution in [0.3, 0.4) is 0 Å². The Balaban J connectivity index is 2.94. The smallest absolute Gasteiger partial charge is 0.0705 e. The van der Waals surface area contributed by atoms with E-state index in [1.807, 2.05) is 18.2 Å². The van der Waals surface area contributed by atoms with Gasteiger partial charge in [-0.15, -0.1) is 0 Å². The minimum atomic E-state index is -0.579. The molecule has 0 amide bonds. The molecule has 2 atom stereocenters. The molecular weight excluding hydrogens is 174 g/mol. The molecular formula is C9H12ClNO. The highest BCUT2D eigenvalue weighted by Crippen LogP contribution is 2.22. The third-order valence-corrected chi connectivity index (χ3v) is 2.13. The number of hydrogen-bond donors (Lipinski definition) is 2. The monoisotopic (exact) mass is 185 g/mol. The maximum absolute atomic E-state index is 9.22. The molecule has 2 nitrogen and oxygen atoms in total. The Morgan fingerprint density at radius 3 is 2.50 bits per heavy atom. The molecule has 1 aromatic rings. The molecule has 1 aromatic carbocycles. The average molecular weight is 186 g/mol. The first kappa shape index (κ1) is 9.52. The first-order valence-corrected chi connectivity index (χ1v) is 4.19. The van der Waals surface area contributed by atoms with Gasteiger partial charge < -0.3 is 10.8 Å². The minimum Gasteiger partial charge on any atom is -0.391 e. The van der Waals surface area contributed by atoms with Crippen molar-refractivity contribution < 1.29 is 5.11 Å². The normalized spacial score (nSPS) is 15.7. The molecule has 0 saturated carbocycles. The van der Waals surface area contributed by atoms with E-state index < -0.39 is 12.1 Å². The van der Waals surface area contributed by atoms with Crippen LogP contribution in [0.2, 0.25) is 5.02 Å². The van der Waals surface area contributed by atoms with E-state index in [4.69, 9.17) is 17.3 Å². The summed E-state index contributed by atoms with van der Waals surface area (Å²) in [5, 5.41) is 9.82. The summed E-state index contributed by atoms with van der Waals surface area (Å²) in [7, 11) is 0. The van der Waals surface area contributed by atoms with Crippen molar-refractivity contribution in [2.24, 2.45) is 5.73 Å². The molecule has 0 saturated heterocycles. The Hall–Kier alpha value is -0.570. The molecule has 0 aliphatic rings. The van der Waals surface area contributed by atoms with E-state index in [9.17, 15) is 5.11 Å². The highest BCUT2D eigenvalue weighted by atomic mass is 35.5. The number of aliphatic hydroxyl groups is 1. The third kappa shape index (κ3) is 1.97. The van der Waals surface area contributed by atoms with Crippen molar-refractivity contribution in [3.8, 4) is 0 Å². The maximum atomic E-state index is 9.22. The van der Waals surface area contributed by atoms with E-state index in [2.05, 4.69) is 0 Å². The molecule has 0 aliphatic carbocycles. The van der Waals surface area contributed by atoms with Gasteiger partial charge in [-0.05, 0) is 18.6 Å². The molecule has 0 radical (unpaired) electrons. The molecule has 12 heavy (non-hydrogen) atoms. The molecule has 3 N–H and O–H groups in total. The topological polar surface area (TPSA) is 46.2 Å². The van der Waals surface area contributed by atoms with Gasteiger partial charge in [-0.3, -0.25) is 0 Å². The van der Waals surface area contributed by atoms with Gasteiger partial charge in [0.2, 0.25) is 0 Å². The van der Waals surface area contributed by atoms with Gasteiger partial charge in [-0.1, -0.05) is 29.8 Å². The molecule has 0 fully saturated rings. The second-order valence-electron chi connectivity index (χ2n) is 2.79. The number of nitrogens with two attached hydrogens (primary N) is 1. The van der Waals surface area contributed by atoms with Gasteiger partial charge in [-0.25, -0.2) is 0 Å². The van der Waals surface area contributed by atoms with Crippen LogP contribution in [-0.4, -0.2) is 11.2 Å². The summed E-state index contributed by atoms with van der Waals surface area (Å²) in [4.78, 5) is 0. The quantitative estimate of drug-likeness (QED) is 0.737. The second kappa shape index (κ2) is 3.90. The fourth-order valence-electron chi connectivity index (χ4n) is 1.01. The summed E-state index contributed by atoms with van der Waals surface area (Å²) in [6, 6.07) is 6.86. The van der Waals surface area contributed by atoms with Crippen molar-refractivity contribution >= 4 is 11.6 Å². The lowest BCUT2D eigenvalue weighted by molar-refractivity contribution is 0.164. The van der Waals surface area contributed by atoms with E-state index >= 15 is 0 Å². The lowest BCUT2D eigenvalue weighted by Crippen LogP contribution is -2.23. The van der Waals surface area contributed by atoms with E-state index in [0.29, 0.717) is 5.02 Å². The van der Waals surface area contributed by atoms with E-state index in [0.717, 1.165) is 5.56 Å². The first-order chi connectivity index (χ1) is 5.63. The standard InChI is InChI=1S/C9H12ClNO/c1-6(12)9(11)7-4-2-3-5-8(7)10/h2-6,9,12H,11H2,1H3/t6-,9-/m0/s1. The van der Waals surface area contributed by atoms with Crippen LogP contribution in [0.5, 0.6) is 0 Å². The van der Waals surface area contributed by atoms with Crippen LogP contribution in [0.1, 0.15) is 18.5 Å². The fourth-order valence-corrected chi connectivity index (χ4v) is 1.27. The van der Waals surface area contributed by atoms with Crippen molar-refractivity contribution in [1.29, 1.82) is 0 Å². The lowest BCUT2D eigenvalue weighted by Gasteiger charge is -2.15. The van der Waals surface area contributed by atoms with E-state index in [1.54, 1.807) is 13.0 Å². The molecule has 0 bridgehead atoms. The fraction of sp³-hybridized carbons (Fsp3) is 0.333. The first-order valence-electron chi connectivity index (χ1n) is 3.81. The zero-order valence-corrected chi connectivity index (χ0v) is 7.62. The van der Waals surface area contributed by atoms with Gasteiger partial charge in [0, 0.05) is 5.02 Å². The lowest BCUT2D eigenvalue weighted by atomic mass is 10.0. The van der Waals surface area contributed by atoms with Gasteiger partial charge in [0.1, 0.15) is 0 Å². The van der Waals surface area contributed by atoms with Gasteiger partial charge in [0.05, 0.1) is 12.1 Å². The summed E-state index contributed by atoms with van der Waals surface area (Å²) in [5.74, 6) is 0. The maximum Gasteiger partial charge on any atom is 0.0705 e. The molecule has 0 aromatic heterocycles.